The molecule has 0 aliphatic carbocycles. The zero-order valence-electron chi connectivity index (χ0n) is 10.2. The molecule has 0 spiro atoms. The molecule has 0 fully saturated rings. The Kier molecular flexibility index (Phi) is 4.97. The maximum Gasteiger partial charge on any atom is 0.313 e. The van der Waals surface area contributed by atoms with Gasteiger partial charge in [-0.1, -0.05) is 30.7 Å². The minimum absolute atomic E-state index is 0.252. The Morgan fingerprint density at radius 1 is 1.41 bits per heavy atom. The van der Waals surface area contributed by atoms with Crippen LogP contribution in [0.4, 0.5) is 0 Å². The van der Waals surface area contributed by atoms with E-state index < -0.39 is 5.41 Å². The molecule has 0 aromatic heterocycles. The van der Waals surface area contributed by atoms with Crippen molar-refractivity contribution in [3.8, 4) is 0 Å². The summed E-state index contributed by atoms with van der Waals surface area (Å²) in [6, 6.07) is 7.21. The zero-order chi connectivity index (χ0) is 12.9. The van der Waals surface area contributed by atoms with Gasteiger partial charge in [0.15, 0.2) is 0 Å². The molecule has 0 aliphatic rings. The highest BCUT2D eigenvalue weighted by molar-refractivity contribution is 6.30. The van der Waals surface area contributed by atoms with Crippen molar-refractivity contribution in [2.75, 3.05) is 6.54 Å². The number of nitrogens with two attached hydrogens (primary N) is 1. The van der Waals surface area contributed by atoms with Gasteiger partial charge in [-0.3, -0.25) is 4.79 Å². The van der Waals surface area contributed by atoms with E-state index in [0.717, 1.165) is 5.56 Å². The molecular weight excluding hydrogens is 238 g/mol. The van der Waals surface area contributed by atoms with Crippen molar-refractivity contribution in [1.29, 1.82) is 0 Å². The lowest BCUT2D eigenvalue weighted by Crippen LogP contribution is -2.36. The first-order valence-electron chi connectivity index (χ1n) is 5.63. The first kappa shape index (κ1) is 14.0. The fourth-order valence-corrected chi connectivity index (χ4v) is 1.40. The van der Waals surface area contributed by atoms with Crippen LogP contribution >= 0.6 is 11.6 Å². The Morgan fingerprint density at radius 2 is 2.00 bits per heavy atom. The van der Waals surface area contributed by atoms with Crippen LogP contribution in [-0.4, -0.2) is 12.5 Å². The minimum atomic E-state index is -0.591. The van der Waals surface area contributed by atoms with Gasteiger partial charge in [0.25, 0.3) is 0 Å². The summed E-state index contributed by atoms with van der Waals surface area (Å²) in [5.41, 5.74) is 5.91. The van der Waals surface area contributed by atoms with Gasteiger partial charge in [0.2, 0.25) is 0 Å². The number of hydrogen-bond acceptors (Lipinski definition) is 3. The lowest BCUT2D eigenvalue weighted by Gasteiger charge is -2.23. The van der Waals surface area contributed by atoms with E-state index in [-0.39, 0.29) is 12.6 Å². The smallest absolute Gasteiger partial charge is 0.313 e. The first-order chi connectivity index (χ1) is 8.01. The standard InChI is InChI=1S/C13H18ClNO2/c1-3-13(2,9-15)12(16)17-8-10-4-6-11(14)7-5-10/h4-7H,3,8-9,15H2,1-2H3. The lowest BCUT2D eigenvalue weighted by molar-refractivity contribution is -0.156. The van der Waals surface area contributed by atoms with E-state index in [1.165, 1.54) is 0 Å². The van der Waals surface area contributed by atoms with Crippen molar-refractivity contribution in [1.82, 2.24) is 0 Å². The summed E-state index contributed by atoms with van der Waals surface area (Å²) in [6.45, 7) is 4.29. The summed E-state index contributed by atoms with van der Waals surface area (Å²) in [4.78, 5) is 11.8. The summed E-state index contributed by atoms with van der Waals surface area (Å²) in [5, 5.41) is 0.667. The summed E-state index contributed by atoms with van der Waals surface area (Å²) < 4.78 is 5.25. The molecule has 1 rings (SSSR count). The largest absolute Gasteiger partial charge is 0.460 e. The highest BCUT2D eigenvalue weighted by Crippen LogP contribution is 2.22. The van der Waals surface area contributed by atoms with Gasteiger partial charge in [0.1, 0.15) is 6.61 Å². The quantitative estimate of drug-likeness (QED) is 0.823. The van der Waals surface area contributed by atoms with E-state index in [0.29, 0.717) is 18.0 Å². The molecule has 1 unspecified atom stereocenters. The predicted octanol–water partition coefficient (Wildman–Crippen LogP) is 2.76. The molecule has 0 bridgehead atoms. The van der Waals surface area contributed by atoms with Crippen molar-refractivity contribution in [3.05, 3.63) is 34.9 Å². The fraction of sp³-hybridized carbons (Fsp3) is 0.462. The molecule has 2 N–H and O–H groups in total. The van der Waals surface area contributed by atoms with E-state index in [2.05, 4.69) is 0 Å². The highest BCUT2D eigenvalue weighted by atomic mass is 35.5. The summed E-state index contributed by atoms with van der Waals surface area (Å²) >= 11 is 5.77. The van der Waals surface area contributed by atoms with E-state index >= 15 is 0 Å². The molecule has 0 saturated carbocycles. The Balaban J connectivity index is 2.56. The van der Waals surface area contributed by atoms with Crippen LogP contribution in [0.5, 0.6) is 0 Å². The fourth-order valence-electron chi connectivity index (χ4n) is 1.28. The molecule has 0 saturated heterocycles. The van der Waals surface area contributed by atoms with Gasteiger partial charge in [0.05, 0.1) is 5.41 Å². The molecule has 0 radical (unpaired) electrons. The van der Waals surface area contributed by atoms with Crippen LogP contribution in [0.25, 0.3) is 0 Å². The lowest BCUT2D eigenvalue weighted by atomic mass is 9.88. The summed E-state index contributed by atoms with van der Waals surface area (Å²) in [7, 11) is 0. The second-order valence-electron chi connectivity index (χ2n) is 4.32. The normalized spacial score (nSPS) is 14.1. The number of hydrogen-bond donors (Lipinski definition) is 1. The van der Waals surface area contributed by atoms with Crippen LogP contribution in [0.3, 0.4) is 0 Å². The van der Waals surface area contributed by atoms with E-state index in [1.54, 1.807) is 12.1 Å². The molecule has 4 heteroatoms. The third kappa shape index (κ3) is 3.72. The second-order valence-corrected chi connectivity index (χ2v) is 4.76. The number of rotatable bonds is 5. The van der Waals surface area contributed by atoms with Crippen LogP contribution in [0.15, 0.2) is 24.3 Å². The molecule has 1 atom stereocenters. The van der Waals surface area contributed by atoms with Gasteiger partial charge in [-0.15, -0.1) is 0 Å². The molecule has 1 aromatic carbocycles. The number of esters is 1. The van der Waals surface area contributed by atoms with Gasteiger partial charge in [-0.2, -0.15) is 0 Å². The average Bonchev–Trinajstić information content (AvgIpc) is 2.36. The van der Waals surface area contributed by atoms with Crippen molar-refractivity contribution >= 4 is 17.6 Å². The van der Waals surface area contributed by atoms with Crippen LogP contribution in [0.2, 0.25) is 5.02 Å². The average molecular weight is 256 g/mol. The van der Waals surface area contributed by atoms with Crippen LogP contribution in [0, 0.1) is 5.41 Å². The SMILES string of the molecule is CCC(C)(CN)C(=O)OCc1ccc(Cl)cc1. The second kappa shape index (κ2) is 6.03. The Hall–Kier alpha value is -1.06. The van der Waals surface area contributed by atoms with Gasteiger partial charge in [0, 0.05) is 11.6 Å². The number of benzene rings is 1. The first-order valence-corrected chi connectivity index (χ1v) is 6.01. The molecule has 3 nitrogen and oxygen atoms in total. The molecule has 94 valence electrons. The number of ether oxygens (including phenoxy) is 1. The van der Waals surface area contributed by atoms with Gasteiger partial charge < -0.3 is 10.5 Å². The van der Waals surface area contributed by atoms with Gasteiger partial charge in [-0.05, 0) is 31.0 Å². The highest BCUT2D eigenvalue weighted by Gasteiger charge is 2.31. The third-order valence-corrected chi connectivity index (χ3v) is 3.26. The molecule has 0 amide bonds. The zero-order valence-corrected chi connectivity index (χ0v) is 11.0. The van der Waals surface area contributed by atoms with Gasteiger partial charge >= 0.3 is 5.97 Å². The molecular formula is C13H18ClNO2. The van der Waals surface area contributed by atoms with E-state index in [4.69, 9.17) is 22.1 Å². The predicted molar refractivity (Wildman–Crippen MR) is 68.7 cm³/mol. The summed E-state index contributed by atoms with van der Waals surface area (Å²) in [5.74, 6) is -0.252. The van der Waals surface area contributed by atoms with Crippen LogP contribution < -0.4 is 5.73 Å². The minimum Gasteiger partial charge on any atom is -0.460 e. The topological polar surface area (TPSA) is 52.3 Å². The monoisotopic (exact) mass is 255 g/mol. The summed E-state index contributed by atoms with van der Waals surface area (Å²) in [6.07, 6.45) is 0.670. The van der Waals surface area contributed by atoms with E-state index in [9.17, 15) is 4.79 Å². The number of carbonyl (C=O) groups is 1. The molecule has 0 aliphatic heterocycles. The van der Waals surface area contributed by atoms with Crippen molar-refractivity contribution in [2.45, 2.75) is 26.9 Å². The molecule has 1 aromatic rings. The van der Waals surface area contributed by atoms with Crippen LogP contribution in [0.1, 0.15) is 25.8 Å². The Bertz CT molecular complexity index is 372. The molecule has 0 heterocycles. The Morgan fingerprint density at radius 3 is 2.47 bits per heavy atom. The van der Waals surface area contributed by atoms with Crippen molar-refractivity contribution in [2.24, 2.45) is 11.1 Å². The third-order valence-electron chi connectivity index (χ3n) is 3.01. The number of carbonyl (C=O) groups excluding carboxylic acids is 1. The maximum atomic E-state index is 11.8. The van der Waals surface area contributed by atoms with E-state index in [1.807, 2.05) is 26.0 Å². The maximum absolute atomic E-state index is 11.8. The van der Waals surface area contributed by atoms with Crippen molar-refractivity contribution in [3.63, 3.8) is 0 Å². The number of halogens is 1. The van der Waals surface area contributed by atoms with Crippen molar-refractivity contribution < 1.29 is 9.53 Å². The molecule has 17 heavy (non-hydrogen) atoms. The Labute approximate surface area is 107 Å². The van der Waals surface area contributed by atoms with Crippen LogP contribution in [-0.2, 0) is 16.1 Å². The van der Waals surface area contributed by atoms with Gasteiger partial charge in [-0.25, -0.2) is 0 Å².